The Morgan fingerprint density at radius 2 is 1.89 bits per heavy atom. The molecule has 10 heteroatoms. The van der Waals surface area contributed by atoms with Crippen molar-refractivity contribution in [1.29, 1.82) is 0 Å². The monoisotopic (exact) mass is 409 g/mol. The third kappa shape index (κ3) is 5.43. The lowest BCUT2D eigenvalue weighted by Gasteiger charge is -2.10. The molecular weight excluding hydrogens is 395 g/mol. The summed E-state index contributed by atoms with van der Waals surface area (Å²) in [4.78, 5) is 27.6. The first-order valence-corrected chi connectivity index (χ1v) is 8.85. The lowest BCUT2D eigenvalue weighted by atomic mass is 10.2. The van der Waals surface area contributed by atoms with Crippen LogP contribution < -0.4 is 10.6 Å². The number of hydrogen-bond donors (Lipinski definition) is 2. The van der Waals surface area contributed by atoms with Gasteiger partial charge in [-0.25, -0.2) is 9.78 Å². The third-order valence-corrected chi connectivity index (χ3v) is 4.53. The molecule has 0 saturated carbocycles. The highest BCUT2D eigenvalue weighted by molar-refractivity contribution is 7.21. The van der Waals surface area contributed by atoms with Gasteiger partial charge in [-0.05, 0) is 24.3 Å². The second-order valence-corrected chi connectivity index (χ2v) is 6.69. The number of nitrogens with zero attached hydrogens (tertiary/aromatic N) is 1. The predicted molar refractivity (Wildman–Crippen MR) is 99.1 cm³/mol. The number of alkyl carbamates (subject to hydrolysis) is 1. The Morgan fingerprint density at radius 3 is 2.64 bits per heavy atom. The van der Waals surface area contributed by atoms with Gasteiger partial charge in [0, 0.05) is 11.3 Å². The summed E-state index contributed by atoms with van der Waals surface area (Å²) in [6, 6.07) is 14.6. The summed E-state index contributed by atoms with van der Waals surface area (Å²) in [5.74, 6) is -0.606. The number of aromatic nitrogens is 1. The quantitative estimate of drug-likeness (QED) is 0.662. The number of carbonyl (C=O) groups is 2. The molecule has 2 N–H and O–H groups in total. The number of benzene rings is 2. The van der Waals surface area contributed by atoms with Crippen molar-refractivity contribution in [2.75, 3.05) is 18.5 Å². The van der Waals surface area contributed by atoms with Gasteiger partial charge in [0.05, 0.1) is 10.2 Å². The van der Waals surface area contributed by atoms with Crippen LogP contribution in [-0.2, 0) is 9.53 Å². The number of alkyl halides is 3. The Hall–Kier alpha value is -3.14. The summed E-state index contributed by atoms with van der Waals surface area (Å²) >= 11 is 1.51. The van der Waals surface area contributed by atoms with Crippen LogP contribution in [0.3, 0.4) is 0 Å². The molecule has 0 atom stereocenters. The molecule has 146 valence electrons. The zero-order chi connectivity index (χ0) is 20.1. The number of carbonyl (C=O) groups excluding carboxylic acids is 2. The standard InChI is InChI=1S/C18H14F3N3O3S/c19-18(20,21)10-27-17(26)22-9-15(25)23-12-5-3-4-11(8-12)16-24-13-6-1-2-7-14(13)28-16/h1-8H,9-10H2,(H,22,26)(H,23,25). The molecule has 1 heterocycles. The molecule has 0 aliphatic rings. The van der Waals surface area contributed by atoms with Crippen LogP contribution in [0.25, 0.3) is 20.8 Å². The normalized spacial score (nSPS) is 11.2. The molecule has 2 amide bonds. The molecule has 0 radical (unpaired) electrons. The molecular formula is C18H14F3N3O3S. The minimum atomic E-state index is -4.62. The minimum Gasteiger partial charge on any atom is -0.440 e. The van der Waals surface area contributed by atoms with Crippen molar-refractivity contribution < 1.29 is 27.5 Å². The molecule has 6 nitrogen and oxygen atoms in total. The molecule has 0 aliphatic heterocycles. The Morgan fingerprint density at radius 1 is 1.11 bits per heavy atom. The molecule has 0 saturated heterocycles. The molecule has 1 aromatic heterocycles. The zero-order valence-electron chi connectivity index (χ0n) is 14.2. The molecule has 3 rings (SSSR count). The first-order valence-electron chi connectivity index (χ1n) is 8.03. The summed E-state index contributed by atoms with van der Waals surface area (Å²) in [7, 11) is 0. The number of halogens is 3. The Bertz CT molecular complexity index is 971. The van der Waals surface area contributed by atoms with E-state index in [0.29, 0.717) is 5.69 Å². The molecule has 0 spiro atoms. The number of nitrogens with one attached hydrogen (secondary N) is 2. The van der Waals surface area contributed by atoms with Gasteiger partial charge in [-0.2, -0.15) is 13.2 Å². The van der Waals surface area contributed by atoms with Gasteiger partial charge in [0.2, 0.25) is 5.91 Å². The lowest BCUT2D eigenvalue weighted by Crippen LogP contribution is -2.35. The largest absolute Gasteiger partial charge is 0.440 e. The topological polar surface area (TPSA) is 80.3 Å². The summed E-state index contributed by atoms with van der Waals surface area (Å²) in [5.41, 5.74) is 2.14. The van der Waals surface area contributed by atoms with E-state index < -0.39 is 31.3 Å². The first-order chi connectivity index (χ1) is 13.3. The fourth-order valence-corrected chi connectivity index (χ4v) is 3.24. The van der Waals surface area contributed by atoms with Crippen LogP contribution in [0.4, 0.5) is 23.7 Å². The fraction of sp³-hybridized carbons (Fsp3) is 0.167. The van der Waals surface area contributed by atoms with Crippen LogP contribution >= 0.6 is 11.3 Å². The van der Waals surface area contributed by atoms with Crippen molar-refractivity contribution in [3.63, 3.8) is 0 Å². The number of hydrogen-bond acceptors (Lipinski definition) is 5. The van der Waals surface area contributed by atoms with Crippen molar-refractivity contribution in [2.24, 2.45) is 0 Å². The molecule has 0 fully saturated rings. The minimum absolute atomic E-state index is 0.465. The van der Waals surface area contributed by atoms with Gasteiger partial charge in [-0.15, -0.1) is 11.3 Å². The van der Waals surface area contributed by atoms with Gasteiger partial charge in [-0.3, -0.25) is 4.79 Å². The van der Waals surface area contributed by atoms with Crippen LogP contribution in [0.15, 0.2) is 48.5 Å². The number of thiazole rings is 1. The average molecular weight is 409 g/mol. The van der Waals surface area contributed by atoms with Crippen molar-refractivity contribution >= 4 is 39.2 Å². The van der Waals surface area contributed by atoms with E-state index in [9.17, 15) is 22.8 Å². The highest BCUT2D eigenvalue weighted by atomic mass is 32.1. The van der Waals surface area contributed by atoms with E-state index in [4.69, 9.17) is 0 Å². The maximum absolute atomic E-state index is 12.0. The van der Waals surface area contributed by atoms with Crippen molar-refractivity contribution in [2.45, 2.75) is 6.18 Å². The molecule has 0 aliphatic carbocycles. The Kier molecular flexibility index (Phi) is 5.78. The highest BCUT2D eigenvalue weighted by Gasteiger charge is 2.29. The second-order valence-electron chi connectivity index (χ2n) is 5.66. The average Bonchev–Trinajstić information content (AvgIpc) is 3.09. The fourth-order valence-electron chi connectivity index (χ4n) is 2.28. The molecule has 28 heavy (non-hydrogen) atoms. The number of rotatable bonds is 5. The summed E-state index contributed by atoms with van der Waals surface area (Å²) in [6.07, 6.45) is -5.95. The van der Waals surface area contributed by atoms with E-state index in [1.54, 1.807) is 18.2 Å². The summed E-state index contributed by atoms with van der Waals surface area (Å²) < 4.78 is 40.9. The molecule has 3 aromatic rings. The van der Waals surface area contributed by atoms with Gasteiger partial charge in [0.15, 0.2) is 6.61 Å². The second kappa shape index (κ2) is 8.26. The van der Waals surface area contributed by atoms with Gasteiger partial charge in [0.25, 0.3) is 0 Å². The van der Waals surface area contributed by atoms with E-state index in [-0.39, 0.29) is 0 Å². The molecule has 0 unspecified atom stereocenters. The Labute approximate surface area is 161 Å². The summed E-state index contributed by atoms with van der Waals surface area (Å²) in [6.45, 7) is -2.24. The van der Waals surface area contributed by atoms with Crippen LogP contribution in [0.5, 0.6) is 0 Å². The molecule has 2 aromatic carbocycles. The number of para-hydroxylation sites is 1. The van der Waals surface area contributed by atoms with E-state index in [0.717, 1.165) is 20.8 Å². The third-order valence-electron chi connectivity index (χ3n) is 3.45. The first kappa shape index (κ1) is 19.6. The van der Waals surface area contributed by atoms with Crippen molar-refractivity contribution in [1.82, 2.24) is 10.3 Å². The highest BCUT2D eigenvalue weighted by Crippen LogP contribution is 2.31. The smallest absolute Gasteiger partial charge is 0.422 e. The van der Waals surface area contributed by atoms with Gasteiger partial charge in [0.1, 0.15) is 11.6 Å². The van der Waals surface area contributed by atoms with Crippen LogP contribution in [0.2, 0.25) is 0 Å². The maximum Gasteiger partial charge on any atom is 0.422 e. The van der Waals surface area contributed by atoms with Gasteiger partial charge >= 0.3 is 12.3 Å². The SMILES string of the molecule is O=C(CNC(=O)OCC(F)(F)F)Nc1cccc(-c2nc3ccccc3s2)c1. The van der Waals surface area contributed by atoms with Crippen LogP contribution in [-0.4, -0.2) is 36.3 Å². The maximum atomic E-state index is 12.0. The zero-order valence-corrected chi connectivity index (χ0v) is 15.1. The number of ether oxygens (including phenoxy) is 1. The number of amides is 2. The van der Waals surface area contributed by atoms with Gasteiger partial charge in [-0.1, -0.05) is 24.3 Å². The van der Waals surface area contributed by atoms with Crippen LogP contribution in [0.1, 0.15) is 0 Å². The summed E-state index contributed by atoms with van der Waals surface area (Å²) in [5, 5.41) is 5.30. The van der Waals surface area contributed by atoms with Crippen molar-refractivity contribution in [3.8, 4) is 10.6 Å². The van der Waals surface area contributed by atoms with E-state index in [1.165, 1.54) is 11.3 Å². The van der Waals surface area contributed by atoms with E-state index in [2.05, 4.69) is 15.0 Å². The predicted octanol–water partition coefficient (Wildman–Crippen LogP) is 4.19. The number of fused-ring (bicyclic) bond motifs is 1. The van der Waals surface area contributed by atoms with Crippen molar-refractivity contribution in [3.05, 3.63) is 48.5 Å². The Balaban J connectivity index is 1.58. The van der Waals surface area contributed by atoms with E-state index >= 15 is 0 Å². The lowest BCUT2D eigenvalue weighted by molar-refractivity contribution is -0.160. The molecule has 0 bridgehead atoms. The van der Waals surface area contributed by atoms with E-state index in [1.807, 2.05) is 35.6 Å². The number of anilines is 1. The van der Waals surface area contributed by atoms with Crippen LogP contribution in [0, 0.1) is 0 Å². The van der Waals surface area contributed by atoms with Gasteiger partial charge < -0.3 is 15.4 Å².